The van der Waals surface area contributed by atoms with Gasteiger partial charge in [-0.05, 0) is 12.1 Å². The summed E-state index contributed by atoms with van der Waals surface area (Å²) >= 11 is 1.23. The first-order chi connectivity index (χ1) is 6.25. The van der Waals surface area contributed by atoms with E-state index in [0.717, 1.165) is 5.75 Å². The predicted octanol–water partition coefficient (Wildman–Crippen LogP) is 2.43. The Morgan fingerprint density at radius 1 is 1.50 bits per heavy atom. The summed E-state index contributed by atoms with van der Waals surface area (Å²) in [5.41, 5.74) is 0.198. The molecule has 0 unspecified atom stereocenters. The predicted molar refractivity (Wildman–Crippen MR) is 52.2 cm³/mol. The number of benzene rings is 1. The molecule has 0 radical (unpaired) electrons. The quantitative estimate of drug-likeness (QED) is 0.625. The Balaban J connectivity index is 0.00000169. The molecule has 1 aromatic carbocycles. The maximum absolute atomic E-state index is 10.7. The number of carboxylic acids is 1. The van der Waals surface area contributed by atoms with Gasteiger partial charge in [-0.1, -0.05) is 19.1 Å². The maximum Gasteiger partial charge on any atom is 0.339 e. The molecule has 0 heterocycles. The molecule has 14 heavy (non-hydrogen) atoms. The van der Waals surface area contributed by atoms with Crippen LogP contribution in [0.5, 0.6) is 5.75 Å². The fourth-order valence-corrected chi connectivity index (χ4v) is 1.23. The summed E-state index contributed by atoms with van der Waals surface area (Å²) in [6, 6.07) is 6.59. The van der Waals surface area contributed by atoms with Crippen LogP contribution in [0, 0.1) is 0 Å². The summed E-state index contributed by atoms with van der Waals surface area (Å²) in [4.78, 5) is 10.7. The molecule has 0 fully saturated rings. The second kappa shape index (κ2) is 7.12. The Bertz CT molecular complexity index is 304. The SMILES string of the molecule is CCSOc1ccccc1C(=O)O.[Hg]. The third kappa shape index (κ3) is 3.88. The second-order valence-electron chi connectivity index (χ2n) is 2.29. The summed E-state index contributed by atoms with van der Waals surface area (Å²) in [6.07, 6.45) is 0. The van der Waals surface area contributed by atoms with Gasteiger partial charge in [-0.25, -0.2) is 4.79 Å². The van der Waals surface area contributed by atoms with Crippen molar-refractivity contribution in [2.24, 2.45) is 0 Å². The average Bonchev–Trinajstić information content (AvgIpc) is 2.15. The van der Waals surface area contributed by atoms with Crippen molar-refractivity contribution in [1.82, 2.24) is 0 Å². The summed E-state index contributed by atoms with van der Waals surface area (Å²) in [5.74, 6) is 0.225. The molecule has 0 aliphatic rings. The number of hydrogen-bond donors (Lipinski definition) is 1. The molecule has 0 saturated heterocycles. The van der Waals surface area contributed by atoms with Gasteiger partial charge in [0.1, 0.15) is 5.56 Å². The number of para-hydroxylation sites is 1. The van der Waals surface area contributed by atoms with Crippen molar-refractivity contribution in [3.8, 4) is 5.75 Å². The Labute approximate surface area is 108 Å². The van der Waals surface area contributed by atoms with E-state index in [1.165, 1.54) is 18.1 Å². The minimum Gasteiger partial charge on any atom is -0.478 e. The van der Waals surface area contributed by atoms with Crippen molar-refractivity contribution in [2.75, 3.05) is 5.75 Å². The van der Waals surface area contributed by atoms with E-state index in [2.05, 4.69) is 0 Å². The van der Waals surface area contributed by atoms with Gasteiger partial charge in [-0.2, -0.15) is 0 Å². The summed E-state index contributed by atoms with van der Waals surface area (Å²) < 4.78 is 5.18. The van der Waals surface area contributed by atoms with Crippen LogP contribution in [0.25, 0.3) is 0 Å². The van der Waals surface area contributed by atoms with E-state index in [0.29, 0.717) is 5.75 Å². The monoisotopic (exact) mass is 400 g/mol. The van der Waals surface area contributed by atoms with Crippen LogP contribution in [0.4, 0.5) is 0 Å². The van der Waals surface area contributed by atoms with Crippen LogP contribution in [0.3, 0.4) is 0 Å². The zero-order chi connectivity index (χ0) is 9.68. The molecular formula is C9H10HgO3S. The Morgan fingerprint density at radius 2 is 2.14 bits per heavy atom. The fraction of sp³-hybridized carbons (Fsp3) is 0.222. The standard InChI is InChI=1S/C9H10O3S.Hg/c1-2-13-12-8-6-4-3-5-7(8)9(10)11;/h3-6H,2H2,1H3,(H,10,11);. The molecule has 0 bridgehead atoms. The molecule has 1 N–H and O–H groups in total. The van der Waals surface area contributed by atoms with E-state index in [9.17, 15) is 4.79 Å². The minimum atomic E-state index is -0.965. The summed E-state index contributed by atoms with van der Waals surface area (Å²) in [5, 5.41) is 8.78. The molecule has 1 rings (SSSR count). The maximum atomic E-state index is 10.7. The van der Waals surface area contributed by atoms with Gasteiger partial charge in [0, 0.05) is 33.4 Å². The van der Waals surface area contributed by atoms with Crippen molar-refractivity contribution in [3.05, 3.63) is 29.8 Å². The van der Waals surface area contributed by atoms with Gasteiger partial charge in [0.05, 0.1) is 12.0 Å². The van der Waals surface area contributed by atoms with Crippen molar-refractivity contribution in [1.29, 1.82) is 0 Å². The first-order valence-corrected chi connectivity index (χ1v) is 4.78. The van der Waals surface area contributed by atoms with Crippen molar-refractivity contribution in [2.45, 2.75) is 6.92 Å². The molecule has 3 nitrogen and oxygen atoms in total. The van der Waals surface area contributed by atoms with Gasteiger partial charge in [-0.3, -0.25) is 0 Å². The molecule has 0 saturated carbocycles. The normalized spacial score (nSPS) is 8.93. The van der Waals surface area contributed by atoms with Crippen LogP contribution in [0.15, 0.2) is 24.3 Å². The third-order valence-corrected chi connectivity index (χ3v) is 1.92. The van der Waals surface area contributed by atoms with E-state index < -0.39 is 5.97 Å². The van der Waals surface area contributed by atoms with Crippen LogP contribution in [0.1, 0.15) is 17.3 Å². The first kappa shape index (κ1) is 13.8. The van der Waals surface area contributed by atoms with Crippen molar-refractivity contribution in [3.63, 3.8) is 0 Å². The van der Waals surface area contributed by atoms with Gasteiger partial charge in [0.25, 0.3) is 0 Å². The Kier molecular flexibility index (Phi) is 7.00. The van der Waals surface area contributed by atoms with Gasteiger partial charge in [-0.15, -0.1) is 0 Å². The van der Waals surface area contributed by atoms with Gasteiger partial charge in [0.15, 0.2) is 5.75 Å². The molecule has 72 valence electrons. The van der Waals surface area contributed by atoms with Gasteiger partial charge >= 0.3 is 5.97 Å². The largest absolute Gasteiger partial charge is 0.478 e. The summed E-state index contributed by atoms with van der Waals surface area (Å²) in [7, 11) is 0. The van der Waals surface area contributed by atoms with Crippen molar-refractivity contribution < 1.29 is 41.8 Å². The second-order valence-corrected chi connectivity index (χ2v) is 3.27. The Morgan fingerprint density at radius 3 is 2.71 bits per heavy atom. The molecule has 0 amide bonds. The first-order valence-electron chi connectivity index (χ1n) is 3.87. The minimum absolute atomic E-state index is 0. The number of aromatic carboxylic acids is 1. The molecule has 0 aliphatic heterocycles. The number of rotatable bonds is 4. The zero-order valence-electron chi connectivity index (χ0n) is 7.90. The Hall–Kier alpha value is -0.225. The topological polar surface area (TPSA) is 46.5 Å². The van der Waals surface area contributed by atoms with Crippen molar-refractivity contribution >= 4 is 18.0 Å². The van der Waals surface area contributed by atoms with Crippen LogP contribution in [-0.4, -0.2) is 16.8 Å². The number of carbonyl (C=O) groups is 1. The van der Waals surface area contributed by atoms with E-state index >= 15 is 0 Å². The van der Waals surface area contributed by atoms with Gasteiger partial charge < -0.3 is 9.29 Å². The molecule has 0 aromatic heterocycles. The van der Waals surface area contributed by atoms with Crippen LogP contribution in [-0.2, 0) is 27.7 Å². The molecule has 5 heteroatoms. The average molecular weight is 399 g/mol. The van der Waals surface area contributed by atoms with Crippen LogP contribution >= 0.6 is 12.0 Å². The van der Waals surface area contributed by atoms with E-state index in [4.69, 9.17) is 9.29 Å². The molecule has 0 atom stereocenters. The smallest absolute Gasteiger partial charge is 0.339 e. The van der Waals surface area contributed by atoms with E-state index in [-0.39, 0.29) is 33.2 Å². The number of carboxylic acid groups (broad SMARTS) is 1. The molecular weight excluding hydrogens is 389 g/mol. The van der Waals surface area contributed by atoms with Crippen LogP contribution in [0.2, 0.25) is 0 Å². The summed E-state index contributed by atoms with van der Waals surface area (Å²) in [6.45, 7) is 1.94. The fourth-order valence-electron chi connectivity index (χ4n) is 0.838. The van der Waals surface area contributed by atoms with Crippen LogP contribution < -0.4 is 4.18 Å². The molecule has 0 aliphatic carbocycles. The van der Waals surface area contributed by atoms with E-state index in [1.54, 1.807) is 18.2 Å². The number of hydrogen-bond acceptors (Lipinski definition) is 3. The molecule has 1 aromatic rings. The van der Waals surface area contributed by atoms with Gasteiger partial charge in [0.2, 0.25) is 0 Å². The molecule has 0 spiro atoms. The third-order valence-electron chi connectivity index (χ3n) is 1.38. The zero-order valence-corrected chi connectivity index (χ0v) is 14.2. The van der Waals surface area contributed by atoms with E-state index in [1.807, 2.05) is 6.92 Å².